The van der Waals surface area contributed by atoms with Crippen LogP contribution in [0.5, 0.6) is 0 Å². The first kappa shape index (κ1) is 14.4. The Balaban J connectivity index is 1.84. The third kappa shape index (κ3) is 2.52. The maximum atomic E-state index is 12.4. The van der Waals surface area contributed by atoms with Crippen LogP contribution < -0.4 is 5.32 Å². The number of nitrogens with one attached hydrogen (secondary N) is 2. The number of carbonyl (C=O) groups is 1. The van der Waals surface area contributed by atoms with Crippen LogP contribution in [-0.2, 0) is 0 Å². The number of rotatable bonds is 3. The predicted molar refractivity (Wildman–Crippen MR) is 87.1 cm³/mol. The lowest BCUT2D eigenvalue weighted by atomic mass is 10.1. The summed E-state index contributed by atoms with van der Waals surface area (Å²) < 4.78 is 5.55. The van der Waals surface area contributed by atoms with Crippen molar-refractivity contribution in [2.75, 3.05) is 0 Å². The molecular formula is C18H20N2O2. The van der Waals surface area contributed by atoms with Gasteiger partial charge in [0.05, 0.1) is 6.04 Å². The normalized spacial score (nSPS) is 12.5. The molecule has 0 saturated heterocycles. The van der Waals surface area contributed by atoms with Crippen LogP contribution in [0.15, 0.2) is 34.7 Å². The minimum Gasteiger partial charge on any atom is -0.464 e. The molecule has 2 heterocycles. The molecule has 1 atom stereocenters. The fourth-order valence-corrected chi connectivity index (χ4v) is 2.64. The number of furan rings is 1. The highest BCUT2D eigenvalue weighted by Gasteiger charge is 2.15. The van der Waals surface area contributed by atoms with Gasteiger partial charge in [-0.15, -0.1) is 0 Å². The van der Waals surface area contributed by atoms with Crippen LogP contribution in [-0.4, -0.2) is 10.9 Å². The van der Waals surface area contributed by atoms with Gasteiger partial charge in [0, 0.05) is 22.2 Å². The Labute approximate surface area is 129 Å². The second-order valence-electron chi connectivity index (χ2n) is 5.78. The van der Waals surface area contributed by atoms with Crippen molar-refractivity contribution in [3.8, 4) is 0 Å². The minimum absolute atomic E-state index is 0.0956. The summed E-state index contributed by atoms with van der Waals surface area (Å²) in [4.78, 5) is 15.7. The third-order valence-corrected chi connectivity index (χ3v) is 4.11. The van der Waals surface area contributed by atoms with Crippen LogP contribution in [0, 0.1) is 20.8 Å². The monoisotopic (exact) mass is 296 g/mol. The highest BCUT2D eigenvalue weighted by Crippen LogP contribution is 2.23. The molecule has 1 amide bonds. The molecule has 0 fully saturated rings. The summed E-state index contributed by atoms with van der Waals surface area (Å²) in [6.07, 6.45) is 0. The zero-order valence-electron chi connectivity index (χ0n) is 13.3. The topological polar surface area (TPSA) is 58.0 Å². The van der Waals surface area contributed by atoms with E-state index in [1.165, 1.54) is 5.56 Å². The molecule has 1 unspecified atom stereocenters. The summed E-state index contributed by atoms with van der Waals surface area (Å²) >= 11 is 0. The van der Waals surface area contributed by atoms with Crippen molar-refractivity contribution in [1.82, 2.24) is 10.3 Å². The Morgan fingerprint density at radius 2 is 1.95 bits per heavy atom. The van der Waals surface area contributed by atoms with Gasteiger partial charge >= 0.3 is 0 Å². The zero-order chi connectivity index (χ0) is 15.9. The Bertz CT molecular complexity index is 842. The molecule has 1 aromatic carbocycles. The molecule has 3 rings (SSSR count). The molecule has 0 saturated carbocycles. The standard InChI is InChI=1S/C18H20N2O2/c1-10-5-8-17(22-10)13(4)20-18(21)14-6-7-16-15(9-14)11(2)12(3)19-16/h5-9,13,19H,1-4H3,(H,20,21). The smallest absolute Gasteiger partial charge is 0.251 e. The van der Waals surface area contributed by atoms with Crippen LogP contribution in [0.4, 0.5) is 0 Å². The average Bonchev–Trinajstić information content (AvgIpc) is 3.04. The molecule has 0 radical (unpaired) electrons. The number of fused-ring (bicyclic) bond motifs is 1. The summed E-state index contributed by atoms with van der Waals surface area (Å²) in [6.45, 7) is 7.91. The molecule has 2 N–H and O–H groups in total. The van der Waals surface area contributed by atoms with E-state index in [1.54, 1.807) is 0 Å². The summed E-state index contributed by atoms with van der Waals surface area (Å²) in [6, 6.07) is 9.35. The molecule has 4 heteroatoms. The van der Waals surface area contributed by atoms with Gasteiger partial charge in [-0.05, 0) is 63.6 Å². The van der Waals surface area contributed by atoms with E-state index in [0.29, 0.717) is 5.56 Å². The fraction of sp³-hybridized carbons (Fsp3) is 0.278. The molecule has 22 heavy (non-hydrogen) atoms. The Hall–Kier alpha value is -2.49. The highest BCUT2D eigenvalue weighted by atomic mass is 16.3. The summed E-state index contributed by atoms with van der Waals surface area (Å²) in [5.74, 6) is 1.51. The molecule has 0 spiro atoms. The maximum Gasteiger partial charge on any atom is 0.251 e. The quantitative estimate of drug-likeness (QED) is 0.762. The molecular weight excluding hydrogens is 276 g/mol. The Morgan fingerprint density at radius 1 is 1.18 bits per heavy atom. The zero-order valence-corrected chi connectivity index (χ0v) is 13.3. The summed E-state index contributed by atoms with van der Waals surface area (Å²) in [5.41, 5.74) is 4.03. The van der Waals surface area contributed by atoms with Crippen molar-refractivity contribution in [3.63, 3.8) is 0 Å². The first-order chi connectivity index (χ1) is 10.5. The minimum atomic E-state index is -0.161. The molecule has 0 aliphatic heterocycles. The molecule has 4 nitrogen and oxygen atoms in total. The maximum absolute atomic E-state index is 12.4. The van der Waals surface area contributed by atoms with Crippen LogP contribution in [0.3, 0.4) is 0 Å². The van der Waals surface area contributed by atoms with Gasteiger partial charge in [-0.25, -0.2) is 0 Å². The fourth-order valence-electron chi connectivity index (χ4n) is 2.64. The number of aromatic nitrogens is 1. The number of hydrogen-bond acceptors (Lipinski definition) is 2. The van der Waals surface area contributed by atoms with Gasteiger partial charge in [0.2, 0.25) is 0 Å². The van der Waals surface area contributed by atoms with Gasteiger partial charge < -0.3 is 14.7 Å². The third-order valence-electron chi connectivity index (χ3n) is 4.11. The van der Waals surface area contributed by atoms with Crippen LogP contribution >= 0.6 is 0 Å². The molecule has 0 aliphatic carbocycles. The van der Waals surface area contributed by atoms with Crippen molar-refractivity contribution in [2.45, 2.75) is 33.7 Å². The van der Waals surface area contributed by atoms with E-state index in [0.717, 1.165) is 28.1 Å². The molecule has 2 aromatic heterocycles. The SMILES string of the molecule is Cc1ccc(C(C)NC(=O)c2ccc3[nH]c(C)c(C)c3c2)o1. The van der Waals surface area contributed by atoms with Gasteiger partial charge in [0.15, 0.2) is 0 Å². The van der Waals surface area contributed by atoms with E-state index in [1.807, 2.05) is 51.1 Å². The number of H-pyrrole nitrogens is 1. The first-order valence-corrected chi connectivity index (χ1v) is 7.42. The van der Waals surface area contributed by atoms with Crippen molar-refractivity contribution >= 4 is 16.8 Å². The number of hydrogen-bond donors (Lipinski definition) is 2. The van der Waals surface area contributed by atoms with E-state index in [4.69, 9.17) is 4.42 Å². The van der Waals surface area contributed by atoms with Gasteiger partial charge in [-0.2, -0.15) is 0 Å². The number of aryl methyl sites for hydroxylation is 3. The van der Waals surface area contributed by atoms with E-state index in [-0.39, 0.29) is 11.9 Å². The Morgan fingerprint density at radius 3 is 2.64 bits per heavy atom. The van der Waals surface area contributed by atoms with E-state index >= 15 is 0 Å². The van der Waals surface area contributed by atoms with Gasteiger partial charge in [-0.3, -0.25) is 4.79 Å². The van der Waals surface area contributed by atoms with Crippen LogP contribution in [0.1, 0.15) is 46.1 Å². The van der Waals surface area contributed by atoms with Gasteiger partial charge in [0.1, 0.15) is 11.5 Å². The number of aromatic amines is 1. The van der Waals surface area contributed by atoms with Crippen molar-refractivity contribution in [3.05, 3.63) is 58.7 Å². The summed E-state index contributed by atoms with van der Waals surface area (Å²) in [7, 11) is 0. The lowest BCUT2D eigenvalue weighted by molar-refractivity contribution is 0.0935. The lowest BCUT2D eigenvalue weighted by Crippen LogP contribution is -2.26. The molecule has 0 aliphatic rings. The highest BCUT2D eigenvalue weighted by molar-refractivity contribution is 5.99. The molecule has 3 aromatic rings. The van der Waals surface area contributed by atoms with E-state index in [9.17, 15) is 4.79 Å². The Kier molecular flexibility index (Phi) is 3.53. The van der Waals surface area contributed by atoms with Gasteiger partial charge in [0.25, 0.3) is 5.91 Å². The van der Waals surface area contributed by atoms with E-state index < -0.39 is 0 Å². The molecule has 0 bridgehead atoms. The lowest BCUT2D eigenvalue weighted by Gasteiger charge is -2.11. The average molecular weight is 296 g/mol. The summed E-state index contributed by atoms with van der Waals surface area (Å²) in [5, 5.41) is 4.06. The van der Waals surface area contributed by atoms with Crippen molar-refractivity contribution < 1.29 is 9.21 Å². The van der Waals surface area contributed by atoms with Crippen molar-refractivity contribution in [1.29, 1.82) is 0 Å². The second-order valence-corrected chi connectivity index (χ2v) is 5.78. The second kappa shape index (κ2) is 5.37. The number of benzene rings is 1. The van der Waals surface area contributed by atoms with Crippen LogP contribution in [0.25, 0.3) is 10.9 Å². The van der Waals surface area contributed by atoms with Crippen molar-refractivity contribution in [2.24, 2.45) is 0 Å². The molecule has 114 valence electrons. The largest absolute Gasteiger partial charge is 0.464 e. The first-order valence-electron chi connectivity index (χ1n) is 7.42. The number of carbonyl (C=O) groups excluding carboxylic acids is 1. The van der Waals surface area contributed by atoms with Crippen LogP contribution in [0.2, 0.25) is 0 Å². The predicted octanol–water partition coefficient (Wildman–Crippen LogP) is 4.18. The van der Waals surface area contributed by atoms with Gasteiger partial charge in [-0.1, -0.05) is 0 Å². The number of amides is 1. The van der Waals surface area contributed by atoms with E-state index in [2.05, 4.69) is 17.2 Å².